The van der Waals surface area contributed by atoms with Crippen LogP contribution in [-0.4, -0.2) is 26.1 Å². The minimum Gasteiger partial charge on any atom is -0.507 e. The predicted octanol–water partition coefficient (Wildman–Crippen LogP) is 5.83. The lowest BCUT2D eigenvalue weighted by molar-refractivity contribution is 0.0409. The van der Waals surface area contributed by atoms with Crippen LogP contribution in [0.1, 0.15) is 74.3 Å². The summed E-state index contributed by atoms with van der Waals surface area (Å²) in [7, 11) is 0. The van der Waals surface area contributed by atoms with E-state index in [0.29, 0.717) is 24.3 Å². The summed E-state index contributed by atoms with van der Waals surface area (Å²) in [5.74, 6) is 0.259. The summed E-state index contributed by atoms with van der Waals surface area (Å²) < 4.78 is 14.5. The van der Waals surface area contributed by atoms with E-state index in [1.165, 1.54) is 0 Å². The van der Waals surface area contributed by atoms with Crippen LogP contribution in [0.3, 0.4) is 0 Å². The van der Waals surface area contributed by atoms with E-state index >= 15 is 0 Å². The molecule has 1 aromatic heterocycles. The van der Waals surface area contributed by atoms with E-state index in [0.717, 1.165) is 28.8 Å². The van der Waals surface area contributed by atoms with Crippen LogP contribution >= 0.6 is 16.1 Å². The molecule has 0 saturated heterocycles. The van der Waals surface area contributed by atoms with E-state index in [9.17, 15) is 9.90 Å². The van der Waals surface area contributed by atoms with E-state index in [-0.39, 0.29) is 35.0 Å². The number of ketones is 1. The molecule has 1 aliphatic heterocycles. The number of rotatable bonds is 6. The second kappa shape index (κ2) is 10.0. The molecular formula is C29H36BrN3O3. The Hall–Kier alpha value is -2.64. The number of benzene rings is 2. The van der Waals surface area contributed by atoms with Crippen molar-refractivity contribution in [1.29, 1.82) is 0 Å². The fourth-order valence-corrected chi connectivity index (χ4v) is 5.14. The maximum absolute atomic E-state index is 13.5. The lowest BCUT2D eigenvalue weighted by Gasteiger charge is -2.28. The van der Waals surface area contributed by atoms with Gasteiger partial charge < -0.3 is 19.0 Å². The first-order valence-corrected chi connectivity index (χ1v) is 13.1. The lowest BCUT2D eigenvalue weighted by Crippen LogP contribution is -2.29. The molecule has 2 aromatic carbocycles. The summed E-state index contributed by atoms with van der Waals surface area (Å²) in [6.07, 6.45) is 2.84. The number of halogens is 1. The Morgan fingerprint density at radius 3 is 2.25 bits per heavy atom. The van der Waals surface area contributed by atoms with Crippen LogP contribution < -0.4 is 5.62 Å². The van der Waals surface area contributed by atoms with E-state index < -0.39 is 0 Å². The van der Waals surface area contributed by atoms with Crippen LogP contribution in [0.4, 0.5) is 0 Å². The molecule has 0 radical (unpaired) electrons. The van der Waals surface area contributed by atoms with Crippen molar-refractivity contribution in [2.45, 2.75) is 84.6 Å². The molecule has 0 bridgehead atoms. The Kier molecular flexibility index (Phi) is 7.35. The number of hydrogen-bond acceptors (Lipinski definition) is 4. The minimum atomic E-state index is -0.296. The molecule has 1 N–H and O–H groups in total. The van der Waals surface area contributed by atoms with E-state index in [2.05, 4.69) is 36.9 Å². The topological polar surface area (TPSA) is 68.8 Å². The van der Waals surface area contributed by atoms with Gasteiger partial charge in [0.25, 0.3) is 0 Å². The van der Waals surface area contributed by atoms with Crippen LogP contribution in [0, 0.1) is 0 Å². The SMILES string of the molecule is CC(C)(C)c1cc(C(=O)Cn2cc3n(/c2=N/Br)CC(OCc2ccccc2)C3)cc(C(C)(C)C)c1O. The van der Waals surface area contributed by atoms with Crippen molar-refractivity contribution < 1.29 is 14.6 Å². The number of hydrogen-bond donors (Lipinski definition) is 1. The number of carbonyl (C=O) groups excluding carboxylic acids is 1. The lowest BCUT2D eigenvalue weighted by atomic mass is 9.78. The molecule has 0 amide bonds. The number of ether oxygens (including phenoxy) is 1. The number of carbonyl (C=O) groups is 1. The molecule has 192 valence electrons. The van der Waals surface area contributed by atoms with Crippen LogP contribution in [-0.2, 0) is 41.7 Å². The molecule has 1 atom stereocenters. The van der Waals surface area contributed by atoms with Crippen molar-refractivity contribution >= 4 is 21.9 Å². The van der Waals surface area contributed by atoms with Crippen LogP contribution in [0.2, 0.25) is 0 Å². The first-order valence-electron chi connectivity index (χ1n) is 12.4. The quantitative estimate of drug-likeness (QED) is 0.390. The van der Waals surface area contributed by atoms with Gasteiger partial charge in [-0.25, -0.2) is 0 Å². The van der Waals surface area contributed by atoms with Gasteiger partial charge in [-0.2, -0.15) is 4.02 Å². The Balaban J connectivity index is 1.56. The zero-order valence-electron chi connectivity index (χ0n) is 22.0. The minimum absolute atomic E-state index is 0.0189. The zero-order chi connectivity index (χ0) is 26.3. The number of nitrogens with zero attached hydrogens (tertiary/aromatic N) is 3. The molecule has 7 heteroatoms. The van der Waals surface area contributed by atoms with Gasteiger partial charge in [0.1, 0.15) is 5.75 Å². The van der Waals surface area contributed by atoms with Gasteiger partial charge in [-0.3, -0.25) is 4.79 Å². The van der Waals surface area contributed by atoms with Crippen molar-refractivity contribution in [1.82, 2.24) is 9.13 Å². The van der Waals surface area contributed by atoms with Gasteiger partial charge in [-0.15, -0.1) is 0 Å². The molecule has 3 aromatic rings. The molecular weight excluding hydrogens is 518 g/mol. The van der Waals surface area contributed by atoms with Gasteiger partial charge in [-0.1, -0.05) is 71.9 Å². The highest BCUT2D eigenvalue weighted by molar-refractivity contribution is 9.08. The molecule has 0 fully saturated rings. The highest BCUT2D eigenvalue weighted by Crippen LogP contribution is 2.40. The Labute approximate surface area is 222 Å². The van der Waals surface area contributed by atoms with E-state index in [1.807, 2.05) is 82.6 Å². The average molecular weight is 555 g/mol. The fourth-order valence-electron chi connectivity index (χ4n) is 4.75. The smallest absolute Gasteiger partial charge is 0.217 e. The van der Waals surface area contributed by atoms with Crippen molar-refractivity contribution in [2.24, 2.45) is 4.02 Å². The maximum atomic E-state index is 13.5. The van der Waals surface area contributed by atoms with Gasteiger partial charge in [0, 0.05) is 35.0 Å². The normalized spacial score (nSPS) is 16.4. The van der Waals surface area contributed by atoms with E-state index in [4.69, 9.17) is 4.74 Å². The van der Waals surface area contributed by atoms with Crippen LogP contribution in [0.15, 0.2) is 52.7 Å². The monoisotopic (exact) mass is 553 g/mol. The molecule has 1 aliphatic rings. The van der Waals surface area contributed by atoms with Gasteiger partial charge >= 0.3 is 0 Å². The zero-order valence-corrected chi connectivity index (χ0v) is 23.6. The molecule has 0 saturated carbocycles. The van der Waals surface area contributed by atoms with Gasteiger partial charge in [0.15, 0.2) is 5.78 Å². The van der Waals surface area contributed by atoms with Gasteiger partial charge in [0.05, 0.1) is 41.9 Å². The molecule has 2 heterocycles. The highest BCUT2D eigenvalue weighted by atomic mass is 79.9. The third-order valence-corrected chi connectivity index (χ3v) is 7.06. The molecule has 36 heavy (non-hydrogen) atoms. The van der Waals surface area contributed by atoms with Crippen LogP contribution in [0.5, 0.6) is 5.75 Å². The van der Waals surface area contributed by atoms with Crippen LogP contribution in [0.25, 0.3) is 0 Å². The number of Topliss-reactive ketones (excluding diaryl/α,β-unsaturated/α-hetero) is 1. The van der Waals surface area contributed by atoms with Crippen molar-refractivity contribution in [3.63, 3.8) is 0 Å². The summed E-state index contributed by atoms with van der Waals surface area (Å²) in [6.45, 7) is 13.7. The second-order valence-corrected chi connectivity index (χ2v) is 12.1. The van der Waals surface area contributed by atoms with Gasteiger partial charge in [0.2, 0.25) is 5.62 Å². The average Bonchev–Trinajstić information content (AvgIpc) is 3.33. The largest absolute Gasteiger partial charge is 0.507 e. The Morgan fingerprint density at radius 2 is 1.69 bits per heavy atom. The summed E-state index contributed by atoms with van der Waals surface area (Å²) in [5.41, 5.74) is 4.51. The third-order valence-electron chi connectivity index (χ3n) is 6.74. The molecule has 4 rings (SSSR count). The standard InChI is InChI=1S/C29H36BrN3O3/c1-28(2,3)23-12-20(13-24(26(23)35)29(4,5)6)25(34)17-32-15-21-14-22(16-33(21)27(32)31-30)36-18-19-10-8-7-9-11-19/h7-13,15,22,35H,14,16-18H2,1-6H3/b31-27+. The summed E-state index contributed by atoms with van der Waals surface area (Å²) >= 11 is 3.27. The first kappa shape index (κ1) is 26.4. The summed E-state index contributed by atoms with van der Waals surface area (Å²) in [4.78, 5) is 13.5. The van der Waals surface area contributed by atoms with E-state index in [1.54, 1.807) is 0 Å². The summed E-state index contributed by atoms with van der Waals surface area (Å²) in [6, 6.07) is 13.8. The number of phenolic OH excluding ortho intramolecular Hbond substituents is 1. The number of fused-ring (bicyclic) bond motifs is 1. The summed E-state index contributed by atoms with van der Waals surface area (Å²) in [5, 5.41) is 11.0. The molecule has 0 aliphatic carbocycles. The van der Waals surface area contributed by atoms with Gasteiger partial charge in [-0.05, 0) is 28.5 Å². The maximum Gasteiger partial charge on any atom is 0.217 e. The van der Waals surface area contributed by atoms with Crippen molar-refractivity contribution in [3.05, 3.63) is 82.2 Å². The highest BCUT2D eigenvalue weighted by Gasteiger charge is 2.29. The molecule has 6 nitrogen and oxygen atoms in total. The molecule has 1 unspecified atom stereocenters. The number of aromatic nitrogens is 2. The Bertz CT molecular complexity index is 1290. The fraction of sp³-hybridized carbons (Fsp3) is 0.448. The number of imidazole rings is 1. The number of aromatic hydroxyl groups is 1. The number of phenols is 1. The Morgan fingerprint density at radius 1 is 1.08 bits per heavy atom. The second-order valence-electron chi connectivity index (χ2n) is 11.7. The third kappa shape index (κ3) is 5.52. The van der Waals surface area contributed by atoms with Crippen molar-refractivity contribution in [3.8, 4) is 5.75 Å². The molecule has 0 spiro atoms. The first-order chi connectivity index (χ1) is 16.9. The predicted molar refractivity (Wildman–Crippen MR) is 145 cm³/mol. The van der Waals surface area contributed by atoms with Crippen molar-refractivity contribution in [2.75, 3.05) is 0 Å².